The van der Waals surface area contributed by atoms with Gasteiger partial charge in [0.1, 0.15) is 5.75 Å². The van der Waals surface area contributed by atoms with E-state index in [1.54, 1.807) is 7.11 Å². The van der Waals surface area contributed by atoms with E-state index in [9.17, 15) is 0 Å². The van der Waals surface area contributed by atoms with Crippen molar-refractivity contribution >= 4 is 0 Å². The molecule has 0 atom stereocenters. The van der Waals surface area contributed by atoms with Crippen molar-refractivity contribution in [3.05, 3.63) is 47.9 Å². The van der Waals surface area contributed by atoms with E-state index in [-0.39, 0.29) is 0 Å². The summed E-state index contributed by atoms with van der Waals surface area (Å²) in [4.78, 5) is 0. The molecule has 69 valence electrons. The van der Waals surface area contributed by atoms with Gasteiger partial charge in [-0.1, -0.05) is 25.1 Å². The van der Waals surface area contributed by atoms with Gasteiger partial charge in [-0.05, 0) is 24.1 Å². The Balaban J connectivity index is 3.02. The highest BCUT2D eigenvalue weighted by molar-refractivity contribution is 5.43. The van der Waals surface area contributed by atoms with Crippen LogP contribution in [-0.4, -0.2) is 7.11 Å². The Morgan fingerprint density at radius 2 is 2.15 bits per heavy atom. The van der Waals surface area contributed by atoms with Gasteiger partial charge in [0, 0.05) is 5.92 Å². The third-order valence-electron chi connectivity index (χ3n) is 2.16. The molecule has 1 rings (SSSR count). The fraction of sp³-hybridized carbons (Fsp3) is 0.250. The molecule has 0 saturated carbocycles. The molecule has 1 nitrogen and oxygen atoms in total. The minimum absolute atomic E-state index is 0.931. The van der Waals surface area contributed by atoms with Crippen molar-refractivity contribution < 1.29 is 4.74 Å². The lowest BCUT2D eigenvalue weighted by Gasteiger charge is -2.09. The van der Waals surface area contributed by atoms with Crippen LogP contribution in [0.4, 0.5) is 0 Å². The van der Waals surface area contributed by atoms with E-state index in [2.05, 4.69) is 12.6 Å². The molecule has 0 fully saturated rings. The minimum atomic E-state index is 0.931. The van der Waals surface area contributed by atoms with Crippen molar-refractivity contribution in [3.63, 3.8) is 0 Å². The van der Waals surface area contributed by atoms with Crippen LogP contribution >= 0.6 is 0 Å². The maximum Gasteiger partial charge on any atom is 0.121 e. The van der Waals surface area contributed by atoms with Crippen LogP contribution in [-0.2, 0) is 0 Å². The van der Waals surface area contributed by atoms with Gasteiger partial charge in [0.05, 0.1) is 7.11 Å². The molecule has 13 heavy (non-hydrogen) atoms. The summed E-state index contributed by atoms with van der Waals surface area (Å²) < 4.78 is 5.18. The molecular formula is C12H15O. The summed E-state index contributed by atoms with van der Waals surface area (Å²) in [5, 5.41) is 0. The fourth-order valence-corrected chi connectivity index (χ4v) is 1.24. The number of rotatable bonds is 3. The predicted molar refractivity (Wildman–Crippen MR) is 55.9 cm³/mol. The first kappa shape index (κ1) is 9.85. The average molecular weight is 175 g/mol. The van der Waals surface area contributed by atoms with Crippen LogP contribution in [0.1, 0.15) is 18.1 Å². The predicted octanol–water partition coefficient (Wildman–Crippen LogP) is 3.13. The third kappa shape index (κ3) is 2.11. The smallest absolute Gasteiger partial charge is 0.121 e. The van der Waals surface area contributed by atoms with Crippen molar-refractivity contribution in [3.8, 4) is 5.75 Å². The number of methoxy groups -OCH3 is 1. The van der Waals surface area contributed by atoms with Crippen molar-refractivity contribution in [1.82, 2.24) is 0 Å². The minimum Gasteiger partial charge on any atom is -0.496 e. The summed E-state index contributed by atoms with van der Waals surface area (Å²) in [7, 11) is 1.69. The van der Waals surface area contributed by atoms with Crippen LogP contribution in [0.3, 0.4) is 0 Å². The monoisotopic (exact) mass is 175 g/mol. The molecule has 1 aromatic carbocycles. The quantitative estimate of drug-likeness (QED) is 0.685. The Morgan fingerprint density at radius 1 is 1.46 bits per heavy atom. The van der Waals surface area contributed by atoms with Gasteiger partial charge in [0.15, 0.2) is 0 Å². The zero-order valence-electron chi connectivity index (χ0n) is 8.42. The standard InChI is InChI=1S/C12H15O/c1-5-9(2)11-6-7-12(13-4)10(3)8-11/h5-8H,1H2,2-4H3. The summed E-state index contributed by atoms with van der Waals surface area (Å²) in [6.45, 7) is 7.83. The average Bonchev–Trinajstić information content (AvgIpc) is 2.16. The molecule has 0 aliphatic heterocycles. The van der Waals surface area contributed by atoms with Crippen LogP contribution in [0, 0.1) is 12.8 Å². The van der Waals surface area contributed by atoms with Gasteiger partial charge in [-0.25, -0.2) is 0 Å². The second-order valence-corrected chi connectivity index (χ2v) is 3.07. The molecule has 0 aliphatic rings. The summed E-state index contributed by atoms with van der Waals surface area (Å²) in [5.74, 6) is 2.12. The largest absolute Gasteiger partial charge is 0.496 e. The maximum atomic E-state index is 5.18. The highest BCUT2D eigenvalue weighted by Gasteiger charge is 2.04. The van der Waals surface area contributed by atoms with Crippen LogP contribution in [0.25, 0.3) is 0 Å². The second-order valence-electron chi connectivity index (χ2n) is 3.07. The molecular weight excluding hydrogens is 160 g/mol. The molecule has 0 bridgehead atoms. The Labute approximate surface area is 80.0 Å². The first-order chi connectivity index (χ1) is 6.19. The highest BCUT2D eigenvalue weighted by Crippen LogP contribution is 2.23. The van der Waals surface area contributed by atoms with Crippen molar-refractivity contribution in [1.29, 1.82) is 0 Å². The fourth-order valence-electron chi connectivity index (χ4n) is 1.24. The number of benzene rings is 1. The molecule has 0 aliphatic carbocycles. The third-order valence-corrected chi connectivity index (χ3v) is 2.16. The number of ether oxygens (including phenoxy) is 1. The van der Waals surface area contributed by atoms with Gasteiger partial charge in [-0.15, -0.1) is 6.58 Å². The molecule has 0 unspecified atom stereocenters. The summed E-state index contributed by atoms with van der Waals surface area (Å²) in [6, 6.07) is 6.14. The van der Waals surface area contributed by atoms with E-state index < -0.39 is 0 Å². The second kappa shape index (κ2) is 4.13. The topological polar surface area (TPSA) is 9.23 Å². The SMILES string of the molecule is C=C[C](C)c1ccc(OC)c(C)c1. The Kier molecular flexibility index (Phi) is 3.13. The molecule has 1 radical (unpaired) electrons. The molecule has 0 heterocycles. The maximum absolute atomic E-state index is 5.18. The first-order valence-electron chi connectivity index (χ1n) is 4.30. The molecule has 1 aromatic rings. The number of hydrogen-bond acceptors (Lipinski definition) is 1. The van der Waals surface area contributed by atoms with Gasteiger partial charge < -0.3 is 4.74 Å². The number of hydrogen-bond donors (Lipinski definition) is 0. The summed E-state index contributed by atoms with van der Waals surface area (Å²) in [6.07, 6.45) is 1.86. The number of aryl methyl sites for hydroxylation is 1. The van der Waals surface area contributed by atoms with Gasteiger partial charge in [0.2, 0.25) is 0 Å². The van der Waals surface area contributed by atoms with Crippen molar-refractivity contribution in [2.75, 3.05) is 7.11 Å². The van der Waals surface area contributed by atoms with Crippen LogP contribution in [0.5, 0.6) is 5.75 Å². The van der Waals surface area contributed by atoms with Crippen LogP contribution in [0.15, 0.2) is 30.9 Å². The normalized spacial score (nSPS) is 10.2. The van der Waals surface area contributed by atoms with Gasteiger partial charge in [0.25, 0.3) is 0 Å². The van der Waals surface area contributed by atoms with E-state index in [0.29, 0.717) is 0 Å². The summed E-state index contributed by atoms with van der Waals surface area (Å²) >= 11 is 0. The summed E-state index contributed by atoms with van der Waals surface area (Å²) in [5.41, 5.74) is 2.36. The zero-order valence-corrected chi connectivity index (χ0v) is 8.42. The first-order valence-corrected chi connectivity index (χ1v) is 4.30. The van der Waals surface area contributed by atoms with E-state index in [4.69, 9.17) is 4.74 Å². The Morgan fingerprint density at radius 3 is 2.62 bits per heavy atom. The lowest BCUT2D eigenvalue weighted by atomic mass is 9.99. The van der Waals surface area contributed by atoms with E-state index >= 15 is 0 Å². The highest BCUT2D eigenvalue weighted by atomic mass is 16.5. The molecule has 0 saturated heterocycles. The molecule has 0 spiro atoms. The van der Waals surface area contributed by atoms with Gasteiger partial charge >= 0.3 is 0 Å². The Hall–Kier alpha value is -1.24. The Bertz CT molecular complexity index is 302. The zero-order chi connectivity index (χ0) is 9.84. The molecule has 0 N–H and O–H groups in total. The molecule has 1 heteroatoms. The van der Waals surface area contributed by atoms with E-state index in [1.807, 2.05) is 32.1 Å². The van der Waals surface area contributed by atoms with Gasteiger partial charge in [-0.2, -0.15) is 0 Å². The molecule has 0 aromatic heterocycles. The van der Waals surface area contributed by atoms with Crippen LogP contribution in [0.2, 0.25) is 0 Å². The lowest BCUT2D eigenvalue weighted by Crippen LogP contribution is -1.93. The molecule has 0 amide bonds. The van der Waals surface area contributed by atoms with E-state index in [1.165, 1.54) is 11.5 Å². The van der Waals surface area contributed by atoms with Crippen molar-refractivity contribution in [2.45, 2.75) is 13.8 Å². The van der Waals surface area contributed by atoms with E-state index in [0.717, 1.165) is 11.3 Å². The van der Waals surface area contributed by atoms with Crippen LogP contribution < -0.4 is 4.74 Å². The number of allylic oxidation sites excluding steroid dienone is 1. The van der Waals surface area contributed by atoms with Crippen molar-refractivity contribution in [2.24, 2.45) is 0 Å². The lowest BCUT2D eigenvalue weighted by molar-refractivity contribution is 0.411. The van der Waals surface area contributed by atoms with Gasteiger partial charge in [-0.3, -0.25) is 0 Å².